The quantitative estimate of drug-likeness (QED) is 0.627. The van der Waals surface area contributed by atoms with E-state index in [0.717, 1.165) is 0 Å². The molecule has 0 bridgehead atoms. The summed E-state index contributed by atoms with van der Waals surface area (Å²) in [6.07, 6.45) is 6.50. The fraction of sp³-hybridized carbons (Fsp3) is 0.500. The molecule has 0 atom stereocenters. The van der Waals surface area contributed by atoms with E-state index >= 15 is 0 Å². The Balaban J connectivity index is -0.0000000225. The molecule has 0 radical (unpaired) electrons. The summed E-state index contributed by atoms with van der Waals surface area (Å²) in [7, 11) is 0. The van der Waals surface area contributed by atoms with Crippen molar-refractivity contribution in [3.05, 3.63) is 18.7 Å². The Bertz CT molecular complexity index is 71.0. The largest absolute Gasteiger partial charge is 0.693 e. The zero-order valence-corrected chi connectivity index (χ0v) is 9.15. The molecule has 86 valence electrons. The van der Waals surface area contributed by atoms with Crippen LogP contribution in [0, 0.1) is 6.42 Å². The van der Waals surface area contributed by atoms with E-state index < -0.39 is 0 Å². The Hall–Kier alpha value is -0.452. The van der Waals surface area contributed by atoms with Gasteiger partial charge in [-0.25, -0.2) is 0 Å². The first-order valence-electron chi connectivity index (χ1n) is 2.67. The molecule has 1 rings (SSSR count). The van der Waals surface area contributed by atoms with E-state index in [-0.39, 0.29) is 33.4 Å². The molecule has 0 aromatic carbocycles. The van der Waals surface area contributed by atoms with E-state index in [2.05, 4.69) is 6.42 Å². The molecule has 13 heavy (non-hydrogen) atoms. The van der Waals surface area contributed by atoms with E-state index in [0.29, 0.717) is 12.9 Å². The molecule has 1 aliphatic rings. The van der Waals surface area contributed by atoms with Gasteiger partial charge in [0, 0.05) is 21.1 Å². The molecule has 0 heterocycles. The van der Waals surface area contributed by atoms with Gasteiger partial charge in [0.25, 0.3) is 0 Å². The average Bonchev–Trinajstić information content (AvgIpc) is 1.62. The molecule has 1 fully saturated rings. The Morgan fingerprint density at radius 1 is 1.00 bits per heavy atom. The summed E-state index contributed by atoms with van der Waals surface area (Å²) < 4.78 is 0. The second kappa shape index (κ2) is 41.7. The number of hydrogen-bond acceptors (Lipinski definition) is 2. The van der Waals surface area contributed by atoms with Gasteiger partial charge >= 0.3 is 0 Å². The molecule has 6 N–H and O–H groups in total. The van der Waals surface area contributed by atoms with E-state index in [4.69, 9.17) is 19.8 Å². The van der Waals surface area contributed by atoms with Gasteiger partial charge in [0.15, 0.2) is 0 Å². The summed E-state index contributed by atoms with van der Waals surface area (Å²) in [6, 6.07) is 0. The van der Waals surface area contributed by atoms with E-state index in [1.165, 1.54) is 19.3 Å². The molecule has 0 saturated heterocycles. The standard InChI is InChI=1S/C4H7.2CHO2.2H2N.Pt/c1-2-4-3-1;2*2-1-3;;;/h1H,2-4H2;2*(H,2,3);2*1H2;/q5*-1;. The fourth-order valence-corrected chi connectivity index (χ4v) is 0.204. The minimum Gasteiger partial charge on any atom is -0.693 e. The number of rotatable bonds is 0. The minimum absolute atomic E-state index is 0. The van der Waals surface area contributed by atoms with Gasteiger partial charge in [0.2, 0.25) is 0 Å². The number of aliphatic hydroxyl groups excluding tert-OH is 2. The molecule has 0 aromatic rings. The predicted molar refractivity (Wildman–Crippen MR) is 45.4 cm³/mol. The van der Waals surface area contributed by atoms with Gasteiger partial charge in [0.1, 0.15) is 0 Å². The van der Waals surface area contributed by atoms with Crippen LogP contribution in [-0.4, -0.2) is 23.2 Å². The molecular weight excluding hydrogens is 359 g/mol. The summed E-state index contributed by atoms with van der Waals surface area (Å²) >= 11 is 0. The van der Waals surface area contributed by atoms with Gasteiger partial charge in [-0.1, -0.05) is 12.9 Å². The van der Waals surface area contributed by atoms with Gasteiger partial charge in [-0.05, 0) is 0 Å². The van der Waals surface area contributed by atoms with Crippen molar-refractivity contribution >= 4 is 12.9 Å². The minimum atomic E-state index is 0. The third kappa shape index (κ3) is 83.6. The summed E-state index contributed by atoms with van der Waals surface area (Å²) in [6.45, 7) is 1.00. The SMILES string of the molecule is O=[C-]O.O=[C-]O.[CH-]1CCC1.[NH2-].[NH2-].[Pt]. The van der Waals surface area contributed by atoms with Crippen LogP contribution in [0.2, 0.25) is 0 Å². The maximum absolute atomic E-state index is 8.24. The fourth-order valence-electron chi connectivity index (χ4n) is 0.204. The molecule has 6 nitrogen and oxygen atoms in total. The number of hydrogen-bond donors (Lipinski definition) is 2. The van der Waals surface area contributed by atoms with Crippen LogP contribution in [-0.2, 0) is 30.7 Å². The van der Waals surface area contributed by atoms with Gasteiger partial charge < -0.3 is 38.5 Å². The van der Waals surface area contributed by atoms with Crippen LogP contribution in [0.4, 0.5) is 0 Å². The zero-order chi connectivity index (χ0) is 8.24. The molecule has 7 heteroatoms. The molecule has 0 unspecified atom stereocenters. The van der Waals surface area contributed by atoms with Crippen molar-refractivity contribution in [1.29, 1.82) is 0 Å². The van der Waals surface area contributed by atoms with E-state index in [1.807, 2.05) is 0 Å². The van der Waals surface area contributed by atoms with Crippen molar-refractivity contribution in [3.8, 4) is 0 Å². The smallest absolute Gasteiger partial charge is 0 e. The third-order valence-electron chi connectivity index (χ3n) is 0.816. The van der Waals surface area contributed by atoms with E-state index in [9.17, 15) is 0 Å². The molecule has 0 aromatic heterocycles. The molecule has 1 aliphatic carbocycles. The Morgan fingerprint density at radius 2 is 1.08 bits per heavy atom. The van der Waals surface area contributed by atoms with Gasteiger partial charge in [-0.3, -0.25) is 0 Å². The summed E-state index contributed by atoms with van der Waals surface area (Å²) in [5, 5.41) is 13.5. The van der Waals surface area contributed by atoms with Crippen molar-refractivity contribution in [3.63, 3.8) is 0 Å². The van der Waals surface area contributed by atoms with Gasteiger partial charge in [-0.2, -0.15) is 12.8 Å². The zero-order valence-electron chi connectivity index (χ0n) is 6.88. The maximum atomic E-state index is 8.24. The van der Waals surface area contributed by atoms with Crippen LogP contribution in [0.25, 0.3) is 12.3 Å². The van der Waals surface area contributed by atoms with Gasteiger partial charge in [0.05, 0.1) is 0 Å². The van der Waals surface area contributed by atoms with Crippen molar-refractivity contribution in [2.24, 2.45) is 0 Å². The summed E-state index contributed by atoms with van der Waals surface area (Å²) in [5.41, 5.74) is 0. The molecule has 1 saturated carbocycles. The van der Waals surface area contributed by atoms with Crippen molar-refractivity contribution in [2.75, 3.05) is 0 Å². The first-order chi connectivity index (χ1) is 4.83. The maximum Gasteiger partial charge on any atom is 0 e. The summed E-state index contributed by atoms with van der Waals surface area (Å²) in [5.74, 6) is 0. The van der Waals surface area contributed by atoms with Crippen LogP contribution in [0.15, 0.2) is 0 Å². The van der Waals surface area contributed by atoms with Crippen molar-refractivity contribution in [2.45, 2.75) is 19.3 Å². The van der Waals surface area contributed by atoms with Crippen LogP contribution >= 0.6 is 0 Å². The Morgan fingerprint density at radius 3 is 1.08 bits per heavy atom. The molecule has 0 spiro atoms. The second-order valence-electron chi connectivity index (χ2n) is 1.40. The topological polar surface area (TPSA) is 142 Å². The monoisotopic (exact) mass is 372 g/mol. The van der Waals surface area contributed by atoms with Crippen LogP contribution in [0.1, 0.15) is 19.3 Å². The Labute approximate surface area is 92.1 Å². The number of nitrogens with two attached hydrogens (primary N) is 2. The van der Waals surface area contributed by atoms with Gasteiger partial charge in [-0.15, -0.1) is 6.42 Å². The van der Waals surface area contributed by atoms with Crippen molar-refractivity contribution < 1.29 is 40.9 Å². The second-order valence-corrected chi connectivity index (χ2v) is 1.40. The third-order valence-corrected chi connectivity index (χ3v) is 0.816. The Kier molecular flexibility index (Phi) is 94.3. The average molecular weight is 372 g/mol. The predicted octanol–water partition coefficient (Wildman–Crippen LogP) is 2.03. The van der Waals surface area contributed by atoms with Crippen molar-refractivity contribution in [1.82, 2.24) is 0 Å². The first kappa shape index (κ1) is 29.4. The molecule has 0 amide bonds. The summed E-state index contributed by atoms with van der Waals surface area (Å²) in [4.78, 5) is 16.5. The van der Waals surface area contributed by atoms with Crippen LogP contribution in [0.5, 0.6) is 0 Å². The first-order valence-corrected chi connectivity index (χ1v) is 2.67. The molecule has 0 aliphatic heterocycles. The van der Waals surface area contributed by atoms with E-state index in [1.54, 1.807) is 0 Å². The normalized spacial score (nSPS) is 9.23. The van der Waals surface area contributed by atoms with Crippen LogP contribution < -0.4 is 0 Å². The molecular formula is C6H13N2O4Pt-5. The van der Waals surface area contributed by atoms with Crippen LogP contribution in [0.3, 0.4) is 0 Å².